The summed E-state index contributed by atoms with van der Waals surface area (Å²) in [5.74, 6) is 0.0167. The van der Waals surface area contributed by atoms with Gasteiger partial charge in [0, 0.05) is 29.5 Å². The van der Waals surface area contributed by atoms with Crippen LogP contribution in [0.15, 0.2) is 66.9 Å². The van der Waals surface area contributed by atoms with Gasteiger partial charge in [-0.15, -0.1) is 0 Å². The maximum atomic E-state index is 13.5. The van der Waals surface area contributed by atoms with Gasteiger partial charge in [0.1, 0.15) is 0 Å². The fourth-order valence-corrected chi connectivity index (χ4v) is 4.73. The van der Waals surface area contributed by atoms with Gasteiger partial charge in [0.25, 0.3) is 5.91 Å². The summed E-state index contributed by atoms with van der Waals surface area (Å²) in [7, 11) is 0. The number of amides is 1. The molecule has 1 saturated carbocycles. The van der Waals surface area contributed by atoms with Gasteiger partial charge in [-0.05, 0) is 54.8 Å². The molecule has 0 aliphatic heterocycles. The quantitative estimate of drug-likeness (QED) is 0.412. The maximum Gasteiger partial charge on any atom is 0.255 e. The van der Waals surface area contributed by atoms with Gasteiger partial charge in [-0.1, -0.05) is 66.7 Å². The molecule has 0 N–H and O–H groups in total. The van der Waals surface area contributed by atoms with Crippen LogP contribution in [-0.2, 0) is 13.1 Å². The Labute approximate surface area is 188 Å². The van der Waals surface area contributed by atoms with Crippen molar-refractivity contribution < 1.29 is 4.79 Å². The van der Waals surface area contributed by atoms with E-state index in [4.69, 9.17) is 23.2 Å². The van der Waals surface area contributed by atoms with Gasteiger partial charge in [-0.25, -0.2) is 0 Å². The zero-order chi connectivity index (χ0) is 20.9. The average molecular weight is 441 g/mol. The Balaban J connectivity index is 1.60. The van der Waals surface area contributed by atoms with Crippen molar-refractivity contribution in [1.82, 2.24) is 9.47 Å². The summed E-state index contributed by atoms with van der Waals surface area (Å²) < 4.78 is 2.20. The Morgan fingerprint density at radius 3 is 2.53 bits per heavy atom. The number of hydrogen-bond donors (Lipinski definition) is 0. The molecule has 0 radical (unpaired) electrons. The summed E-state index contributed by atoms with van der Waals surface area (Å²) in [6.07, 6.45) is 7.74. The number of nitrogens with zero attached hydrogens (tertiary/aromatic N) is 2. The predicted octanol–water partition coefficient (Wildman–Crippen LogP) is 6.82. The van der Waals surface area contributed by atoms with E-state index in [-0.39, 0.29) is 11.9 Å². The Kier molecular flexibility index (Phi) is 6.81. The lowest BCUT2D eigenvalue weighted by atomic mass is 9.93. The van der Waals surface area contributed by atoms with Crippen LogP contribution in [0.25, 0.3) is 0 Å². The van der Waals surface area contributed by atoms with Crippen LogP contribution in [0.5, 0.6) is 0 Å². The molecule has 1 amide bonds. The normalized spacial score (nSPS) is 14.6. The second-order valence-electron chi connectivity index (χ2n) is 7.96. The van der Waals surface area contributed by atoms with Crippen molar-refractivity contribution in [2.24, 2.45) is 0 Å². The van der Waals surface area contributed by atoms with E-state index in [1.165, 1.54) is 19.3 Å². The van der Waals surface area contributed by atoms with Gasteiger partial charge in [0.15, 0.2) is 0 Å². The molecule has 3 aromatic rings. The van der Waals surface area contributed by atoms with Crippen molar-refractivity contribution in [2.45, 2.75) is 51.2 Å². The molecule has 0 saturated heterocycles. The van der Waals surface area contributed by atoms with Crippen LogP contribution in [-0.4, -0.2) is 21.4 Å². The molecule has 3 nitrogen and oxygen atoms in total. The minimum Gasteiger partial charge on any atom is -0.345 e. The first-order chi connectivity index (χ1) is 14.6. The summed E-state index contributed by atoms with van der Waals surface area (Å²) in [4.78, 5) is 15.6. The fraction of sp³-hybridized carbons (Fsp3) is 0.320. The Bertz CT molecular complexity index is 1010. The molecule has 1 aliphatic carbocycles. The largest absolute Gasteiger partial charge is 0.345 e. The SMILES string of the molecule is O=C(c1ccccc1Cl)N(Cc1cccn1Cc1cccc(Cl)c1)C1CCCCC1. The molecule has 1 aromatic heterocycles. The van der Waals surface area contributed by atoms with Crippen molar-refractivity contribution in [1.29, 1.82) is 0 Å². The van der Waals surface area contributed by atoms with Crippen molar-refractivity contribution in [3.8, 4) is 0 Å². The van der Waals surface area contributed by atoms with Crippen LogP contribution in [0.2, 0.25) is 10.0 Å². The van der Waals surface area contributed by atoms with E-state index in [2.05, 4.69) is 22.9 Å². The van der Waals surface area contributed by atoms with E-state index in [1.807, 2.05) is 47.4 Å². The highest BCUT2D eigenvalue weighted by atomic mass is 35.5. The maximum absolute atomic E-state index is 13.5. The monoisotopic (exact) mass is 440 g/mol. The molecule has 2 aromatic carbocycles. The first-order valence-corrected chi connectivity index (χ1v) is 11.3. The standard InChI is InChI=1S/C25H26Cl2N2O/c26-20-9-6-8-19(16-20)17-28-15-7-12-22(28)18-29(21-10-2-1-3-11-21)25(30)23-13-4-5-14-24(23)27/h4-9,12-16,21H,1-3,10-11,17-18H2. The number of aromatic nitrogens is 1. The third-order valence-corrected chi connectivity index (χ3v) is 6.44. The van der Waals surface area contributed by atoms with E-state index in [0.717, 1.165) is 35.7 Å². The van der Waals surface area contributed by atoms with Crippen molar-refractivity contribution in [2.75, 3.05) is 0 Å². The molecule has 5 heteroatoms. The zero-order valence-electron chi connectivity index (χ0n) is 16.9. The lowest BCUT2D eigenvalue weighted by molar-refractivity contribution is 0.0609. The molecule has 30 heavy (non-hydrogen) atoms. The average Bonchev–Trinajstić information content (AvgIpc) is 3.19. The molecular weight excluding hydrogens is 415 g/mol. The minimum atomic E-state index is 0.0167. The smallest absolute Gasteiger partial charge is 0.255 e. The number of carbonyl (C=O) groups excluding carboxylic acids is 1. The molecule has 0 atom stereocenters. The summed E-state index contributed by atoms with van der Waals surface area (Å²) in [6, 6.07) is 19.6. The fourth-order valence-electron chi connectivity index (χ4n) is 4.30. The second kappa shape index (κ2) is 9.72. The van der Waals surface area contributed by atoms with Gasteiger partial charge in [0.05, 0.1) is 17.1 Å². The second-order valence-corrected chi connectivity index (χ2v) is 8.81. The molecule has 1 aliphatic rings. The highest BCUT2D eigenvalue weighted by molar-refractivity contribution is 6.33. The van der Waals surface area contributed by atoms with Crippen LogP contribution in [0.1, 0.15) is 53.7 Å². The van der Waals surface area contributed by atoms with Gasteiger partial charge < -0.3 is 9.47 Å². The molecule has 0 unspecified atom stereocenters. The van der Waals surface area contributed by atoms with Gasteiger partial charge in [-0.2, -0.15) is 0 Å². The van der Waals surface area contributed by atoms with Gasteiger partial charge in [-0.3, -0.25) is 4.79 Å². The number of hydrogen-bond acceptors (Lipinski definition) is 1. The molecule has 156 valence electrons. The molecule has 4 rings (SSSR count). The third kappa shape index (κ3) is 4.91. The highest BCUT2D eigenvalue weighted by Gasteiger charge is 2.28. The summed E-state index contributed by atoms with van der Waals surface area (Å²) in [6.45, 7) is 1.30. The molecule has 1 heterocycles. The summed E-state index contributed by atoms with van der Waals surface area (Å²) >= 11 is 12.5. The molecule has 1 fully saturated rings. The third-order valence-electron chi connectivity index (χ3n) is 5.88. The number of carbonyl (C=O) groups is 1. The van der Waals surface area contributed by atoms with E-state index in [9.17, 15) is 4.79 Å². The van der Waals surface area contributed by atoms with Crippen LogP contribution < -0.4 is 0 Å². The Hall–Kier alpha value is -2.23. The Morgan fingerprint density at radius 1 is 0.967 bits per heavy atom. The Morgan fingerprint density at radius 2 is 1.77 bits per heavy atom. The van der Waals surface area contributed by atoms with Crippen LogP contribution in [0.3, 0.4) is 0 Å². The van der Waals surface area contributed by atoms with Gasteiger partial charge in [0.2, 0.25) is 0 Å². The topological polar surface area (TPSA) is 25.2 Å². The number of rotatable bonds is 6. The van der Waals surface area contributed by atoms with Crippen LogP contribution >= 0.6 is 23.2 Å². The molecule has 0 spiro atoms. The van der Waals surface area contributed by atoms with Gasteiger partial charge >= 0.3 is 0 Å². The highest BCUT2D eigenvalue weighted by Crippen LogP contribution is 2.28. The van der Waals surface area contributed by atoms with E-state index in [1.54, 1.807) is 6.07 Å². The van der Waals surface area contributed by atoms with E-state index < -0.39 is 0 Å². The summed E-state index contributed by atoms with van der Waals surface area (Å²) in [5.41, 5.74) is 2.83. The number of halogens is 2. The molecule has 0 bridgehead atoms. The van der Waals surface area contributed by atoms with Crippen LogP contribution in [0.4, 0.5) is 0 Å². The molecular formula is C25H26Cl2N2O. The number of benzene rings is 2. The first kappa shape index (κ1) is 21.0. The van der Waals surface area contributed by atoms with E-state index >= 15 is 0 Å². The summed E-state index contributed by atoms with van der Waals surface area (Å²) in [5, 5.41) is 1.25. The van der Waals surface area contributed by atoms with Crippen molar-refractivity contribution in [3.63, 3.8) is 0 Å². The van der Waals surface area contributed by atoms with Crippen molar-refractivity contribution >= 4 is 29.1 Å². The lowest BCUT2D eigenvalue weighted by Gasteiger charge is -2.35. The van der Waals surface area contributed by atoms with E-state index in [0.29, 0.717) is 17.1 Å². The predicted molar refractivity (Wildman–Crippen MR) is 123 cm³/mol. The zero-order valence-corrected chi connectivity index (χ0v) is 18.4. The minimum absolute atomic E-state index is 0.0167. The van der Waals surface area contributed by atoms with Crippen LogP contribution in [0, 0.1) is 0 Å². The first-order valence-electron chi connectivity index (χ1n) is 10.6. The lowest BCUT2D eigenvalue weighted by Crippen LogP contribution is -2.41. The van der Waals surface area contributed by atoms with Crippen molar-refractivity contribution in [3.05, 3.63) is 93.7 Å².